The summed E-state index contributed by atoms with van der Waals surface area (Å²) in [7, 11) is 0. The van der Waals surface area contributed by atoms with E-state index >= 15 is 0 Å². The molecule has 1 aliphatic carbocycles. The predicted molar refractivity (Wildman–Crippen MR) is 40.3 cm³/mol. The molecule has 11 heavy (non-hydrogen) atoms. The second-order valence-electron chi connectivity index (χ2n) is 4.15. The first-order chi connectivity index (χ1) is 5.34. The maximum Gasteiger partial charge on any atom is 0.0862 e. The molecule has 3 fully saturated rings. The van der Waals surface area contributed by atoms with Crippen LogP contribution in [0.25, 0.3) is 0 Å². The van der Waals surface area contributed by atoms with E-state index in [0.717, 1.165) is 18.4 Å². The van der Waals surface area contributed by atoms with Gasteiger partial charge in [0.25, 0.3) is 0 Å². The fourth-order valence-corrected chi connectivity index (χ4v) is 2.69. The van der Waals surface area contributed by atoms with Crippen molar-refractivity contribution in [3.63, 3.8) is 0 Å². The van der Waals surface area contributed by atoms with Gasteiger partial charge >= 0.3 is 0 Å². The Morgan fingerprint density at radius 1 is 1.18 bits per heavy atom. The molecule has 2 bridgehead atoms. The zero-order chi connectivity index (χ0) is 7.42. The van der Waals surface area contributed by atoms with Gasteiger partial charge in [-0.15, -0.1) is 0 Å². The molecular formula is C9H14O2. The van der Waals surface area contributed by atoms with Gasteiger partial charge in [-0.25, -0.2) is 0 Å². The third-order valence-corrected chi connectivity index (χ3v) is 3.48. The lowest BCUT2D eigenvalue weighted by molar-refractivity contribution is -0.0265. The van der Waals surface area contributed by atoms with Crippen LogP contribution in [0.4, 0.5) is 0 Å². The first kappa shape index (κ1) is 6.44. The highest BCUT2D eigenvalue weighted by atomic mass is 16.6. The summed E-state index contributed by atoms with van der Waals surface area (Å²) in [5.74, 6) is 1.59. The lowest BCUT2D eigenvalue weighted by Crippen LogP contribution is -2.28. The van der Waals surface area contributed by atoms with E-state index < -0.39 is 0 Å². The van der Waals surface area contributed by atoms with Gasteiger partial charge in [-0.3, -0.25) is 0 Å². The van der Waals surface area contributed by atoms with Gasteiger partial charge in [-0.1, -0.05) is 0 Å². The Bertz CT molecular complexity index is 174. The molecule has 5 unspecified atom stereocenters. The lowest BCUT2D eigenvalue weighted by Gasteiger charge is -2.24. The van der Waals surface area contributed by atoms with Crippen molar-refractivity contribution in [2.75, 3.05) is 6.61 Å². The minimum Gasteiger partial charge on any atom is -0.375 e. The first-order valence-electron chi connectivity index (χ1n) is 4.61. The Morgan fingerprint density at radius 2 is 2.00 bits per heavy atom. The van der Waals surface area contributed by atoms with Gasteiger partial charge in [0.15, 0.2) is 0 Å². The van der Waals surface area contributed by atoms with Crippen LogP contribution in [0.2, 0.25) is 0 Å². The summed E-state index contributed by atoms with van der Waals surface area (Å²) in [6.45, 7) is 3.19. The van der Waals surface area contributed by atoms with Crippen LogP contribution in [0.15, 0.2) is 0 Å². The largest absolute Gasteiger partial charge is 0.375 e. The van der Waals surface area contributed by atoms with Crippen molar-refractivity contribution in [2.24, 2.45) is 11.8 Å². The number of ether oxygens (including phenoxy) is 2. The molecule has 0 amide bonds. The molecule has 3 rings (SSSR count). The number of hydrogen-bond acceptors (Lipinski definition) is 2. The van der Waals surface area contributed by atoms with Crippen molar-refractivity contribution >= 4 is 0 Å². The van der Waals surface area contributed by atoms with Gasteiger partial charge < -0.3 is 9.47 Å². The van der Waals surface area contributed by atoms with E-state index in [2.05, 4.69) is 6.92 Å². The first-order valence-corrected chi connectivity index (χ1v) is 4.61. The molecule has 62 valence electrons. The summed E-state index contributed by atoms with van der Waals surface area (Å²) in [6, 6.07) is 0. The van der Waals surface area contributed by atoms with Gasteiger partial charge in [0.2, 0.25) is 0 Å². The van der Waals surface area contributed by atoms with E-state index in [-0.39, 0.29) is 0 Å². The molecule has 0 aromatic carbocycles. The van der Waals surface area contributed by atoms with Crippen molar-refractivity contribution in [2.45, 2.75) is 38.1 Å². The van der Waals surface area contributed by atoms with Crippen LogP contribution in [0, 0.1) is 11.8 Å². The number of rotatable bonds is 1. The Hall–Kier alpha value is -0.0800. The number of epoxide rings is 1. The predicted octanol–water partition coefficient (Wildman–Crippen LogP) is 1.20. The summed E-state index contributed by atoms with van der Waals surface area (Å²) < 4.78 is 11.1. The second-order valence-corrected chi connectivity index (χ2v) is 4.15. The van der Waals surface area contributed by atoms with Crippen LogP contribution in [0.3, 0.4) is 0 Å². The van der Waals surface area contributed by atoms with Gasteiger partial charge in [-0.05, 0) is 25.7 Å². The number of fused-ring (bicyclic) bond motifs is 2. The van der Waals surface area contributed by atoms with E-state index in [1.807, 2.05) is 0 Å². The molecule has 2 heteroatoms. The van der Waals surface area contributed by atoms with Crippen molar-refractivity contribution in [3.05, 3.63) is 0 Å². The average molecular weight is 154 g/mol. The molecule has 2 saturated heterocycles. The van der Waals surface area contributed by atoms with Crippen molar-refractivity contribution < 1.29 is 9.47 Å². The van der Waals surface area contributed by atoms with E-state index in [0.29, 0.717) is 18.3 Å². The molecule has 1 saturated carbocycles. The van der Waals surface area contributed by atoms with Gasteiger partial charge in [0.1, 0.15) is 0 Å². The fourth-order valence-electron chi connectivity index (χ4n) is 2.69. The van der Waals surface area contributed by atoms with Crippen molar-refractivity contribution in [3.8, 4) is 0 Å². The maximum atomic E-state index is 5.79. The normalized spacial score (nSPS) is 60.3. The summed E-state index contributed by atoms with van der Waals surface area (Å²) in [5.41, 5.74) is 0. The maximum absolute atomic E-state index is 5.79. The zero-order valence-corrected chi connectivity index (χ0v) is 6.82. The van der Waals surface area contributed by atoms with Crippen molar-refractivity contribution in [1.29, 1.82) is 0 Å². The SMILES string of the molecule is CC1OC2CC1CC2C1CO1. The van der Waals surface area contributed by atoms with Crippen LogP contribution >= 0.6 is 0 Å². The summed E-state index contributed by atoms with van der Waals surface area (Å²) in [4.78, 5) is 0. The van der Waals surface area contributed by atoms with Gasteiger partial charge in [0, 0.05) is 5.92 Å². The standard InChI is InChI=1S/C9H14O2/c1-5-6-2-7(9-4-10-9)8(3-6)11-5/h5-9H,2-4H2,1H3. The lowest BCUT2D eigenvalue weighted by atomic mass is 9.96. The van der Waals surface area contributed by atoms with E-state index in [1.165, 1.54) is 12.8 Å². The Labute approximate surface area is 66.9 Å². The summed E-state index contributed by atoms with van der Waals surface area (Å²) in [5, 5.41) is 0. The molecule has 5 atom stereocenters. The molecule has 3 aliphatic rings. The van der Waals surface area contributed by atoms with E-state index in [9.17, 15) is 0 Å². The van der Waals surface area contributed by atoms with Crippen LogP contribution in [-0.2, 0) is 9.47 Å². The molecule has 0 spiro atoms. The highest BCUT2D eigenvalue weighted by Crippen LogP contribution is 2.47. The molecule has 0 radical (unpaired) electrons. The third-order valence-electron chi connectivity index (χ3n) is 3.48. The van der Waals surface area contributed by atoms with Crippen LogP contribution in [-0.4, -0.2) is 24.9 Å². The minimum absolute atomic E-state index is 0.523. The van der Waals surface area contributed by atoms with Crippen LogP contribution in [0.5, 0.6) is 0 Å². The zero-order valence-electron chi connectivity index (χ0n) is 6.82. The molecule has 0 aromatic heterocycles. The van der Waals surface area contributed by atoms with E-state index in [4.69, 9.17) is 9.47 Å². The smallest absolute Gasteiger partial charge is 0.0862 e. The molecular weight excluding hydrogens is 140 g/mol. The quantitative estimate of drug-likeness (QED) is 0.529. The Morgan fingerprint density at radius 3 is 2.45 bits per heavy atom. The summed E-state index contributed by atoms with van der Waals surface area (Å²) >= 11 is 0. The minimum atomic E-state index is 0.523. The fraction of sp³-hybridized carbons (Fsp3) is 1.00. The second kappa shape index (κ2) is 1.99. The van der Waals surface area contributed by atoms with E-state index in [1.54, 1.807) is 0 Å². The highest BCUT2D eigenvalue weighted by Gasteiger charge is 2.51. The highest BCUT2D eigenvalue weighted by molar-refractivity contribution is 4.99. The van der Waals surface area contributed by atoms with Crippen LogP contribution < -0.4 is 0 Å². The van der Waals surface area contributed by atoms with Crippen LogP contribution in [0.1, 0.15) is 19.8 Å². The molecule has 2 heterocycles. The monoisotopic (exact) mass is 154 g/mol. The molecule has 0 N–H and O–H groups in total. The Balaban J connectivity index is 1.75. The molecule has 2 nitrogen and oxygen atoms in total. The molecule has 2 aliphatic heterocycles. The molecule has 0 aromatic rings. The Kier molecular flexibility index (Phi) is 1.16. The number of hydrogen-bond donors (Lipinski definition) is 0. The average Bonchev–Trinajstić information content (AvgIpc) is 2.67. The van der Waals surface area contributed by atoms with Gasteiger partial charge in [0.05, 0.1) is 24.9 Å². The topological polar surface area (TPSA) is 21.8 Å². The third kappa shape index (κ3) is 0.859. The van der Waals surface area contributed by atoms with Crippen molar-refractivity contribution in [1.82, 2.24) is 0 Å². The van der Waals surface area contributed by atoms with Gasteiger partial charge in [-0.2, -0.15) is 0 Å². The summed E-state index contributed by atoms with van der Waals surface area (Å²) in [6.07, 6.45) is 4.29.